The van der Waals surface area contributed by atoms with E-state index in [0.29, 0.717) is 5.75 Å². The van der Waals surface area contributed by atoms with Gasteiger partial charge in [-0.25, -0.2) is 4.79 Å². The number of esters is 1. The van der Waals surface area contributed by atoms with Gasteiger partial charge in [0, 0.05) is 12.1 Å². The van der Waals surface area contributed by atoms with E-state index in [1.54, 1.807) is 6.08 Å². The highest BCUT2D eigenvalue weighted by Crippen LogP contribution is 2.22. The highest BCUT2D eigenvalue weighted by Gasteiger charge is 2.07. The molecule has 5 heteroatoms. The van der Waals surface area contributed by atoms with Gasteiger partial charge in [0.1, 0.15) is 11.5 Å². The Morgan fingerprint density at radius 2 is 1.81 bits per heavy atom. The maximum Gasteiger partial charge on any atom is 0.331 e. The van der Waals surface area contributed by atoms with Gasteiger partial charge in [-0.15, -0.1) is 0 Å². The van der Waals surface area contributed by atoms with Crippen LogP contribution in [0.1, 0.15) is 25.8 Å². The third-order valence-electron chi connectivity index (χ3n) is 3.61. The van der Waals surface area contributed by atoms with Gasteiger partial charge in [-0.2, -0.15) is 0 Å². The van der Waals surface area contributed by atoms with Gasteiger partial charge in [-0.3, -0.25) is 4.79 Å². The number of amides is 1. The summed E-state index contributed by atoms with van der Waals surface area (Å²) in [7, 11) is 0. The van der Waals surface area contributed by atoms with Crippen molar-refractivity contribution in [2.45, 2.75) is 26.3 Å². The van der Waals surface area contributed by atoms with Crippen LogP contribution in [0, 0.1) is 0 Å². The van der Waals surface area contributed by atoms with Gasteiger partial charge in [0.2, 0.25) is 0 Å². The van der Waals surface area contributed by atoms with Gasteiger partial charge < -0.3 is 14.8 Å². The van der Waals surface area contributed by atoms with Gasteiger partial charge in [0.25, 0.3) is 5.91 Å². The molecule has 2 aromatic carbocycles. The molecule has 2 aromatic rings. The van der Waals surface area contributed by atoms with Crippen LogP contribution in [0.5, 0.6) is 11.5 Å². The van der Waals surface area contributed by atoms with E-state index in [4.69, 9.17) is 9.47 Å². The van der Waals surface area contributed by atoms with Crippen molar-refractivity contribution >= 4 is 18.0 Å². The molecule has 0 bridgehead atoms. The molecule has 5 nitrogen and oxygen atoms in total. The average Bonchev–Trinajstić information content (AvgIpc) is 2.65. The molecule has 0 spiro atoms. The zero-order valence-electron chi connectivity index (χ0n) is 15.0. The number of hydrogen-bond donors (Lipinski definition) is 1. The summed E-state index contributed by atoms with van der Waals surface area (Å²) in [5, 5.41) is 2.73. The van der Waals surface area contributed by atoms with Crippen molar-refractivity contribution < 1.29 is 19.1 Å². The van der Waals surface area contributed by atoms with E-state index in [1.165, 1.54) is 6.08 Å². The lowest BCUT2D eigenvalue weighted by molar-refractivity contribution is -0.144. The third kappa shape index (κ3) is 6.81. The van der Waals surface area contributed by atoms with E-state index in [2.05, 4.69) is 5.32 Å². The molecular formula is C21H23NO4. The van der Waals surface area contributed by atoms with Crippen molar-refractivity contribution in [3.8, 4) is 11.5 Å². The smallest absolute Gasteiger partial charge is 0.331 e. The molecule has 0 radical (unpaired) electrons. The second kappa shape index (κ2) is 10.0. The fourth-order valence-electron chi connectivity index (χ4n) is 2.07. The highest BCUT2D eigenvalue weighted by atomic mass is 16.5. The van der Waals surface area contributed by atoms with Gasteiger partial charge in [-0.1, -0.05) is 37.3 Å². The third-order valence-corrected chi connectivity index (χ3v) is 3.61. The van der Waals surface area contributed by atoms with Crippen molar-refractivity contribution in [1.29, 1.82) is 0 Å². The number of benzene rings is 2. The van der Waals surface area contributed by atoms with Gasteiger partial charge in [0.15, 0.2) is 6.61 Å². The highest BCUT2D eigenvalue weighted by molar-refractivity contribution is 5.89. The molecule has 0 aliphatic rings. The molecule has 26 heavy (non-hydrogen) atoms. The fourth-order valence-corrected chi connectivity index (χ4v) is 2.07. The Bertz CT molecular complexity index is 756. The molecule has 0 heterocycles. The number of carbonyl (C=O) groups excluding carboxylic acids is 2. The number of rotatable bonds is 8. The van der Waals surface area contributed by atoms with Crippen LogP contribution in [-0.4, -0.2) is 24.5 Å². The van der Waals surface area contributed by atoms with Crippen LogP contribution >= 0.6 is 0 Å². The molecule has 0 aromatic heterocycles. The summed E-state index contributed by atoms with van der Waals surface area (Å²) in [4.78, 5) is 23.3. The lowest BCUT2D eigenvalue weighted by atomic mass is 10.2. The molecule has 1 amide bonds. The second-order valence-electron chi connectivity index (χ2n) is 5.81. The van der Waals surface area contributed by atoms with Crippen LogP contribution in [0.2, 0.25) is 0 Å². The Hall–Kier alpha value is -3.08. The molecule has 0 aliphatic heterocycles. The Kier molecular flexibility index (Phi) is 7.43. The first-order chi connectivity index (χ1) is 12.6. The molecular weight excluding hydrogens is 330 g/mol. The first-order valence-corrected chi connectivity index (χ1v) is 8.54. The van der Waals surface area contributed by atoms with Crippen molar-refractivity contribution in [3.05, 3.63) is 66.2 Å². The minimum Gasteiger partial charge on any atom is -0.457 e. The molecule has 0 saturated carbocycles. The van der Waals surface area contributed by atoms with Crippen molar-refractivity contribution in [2.24, 2.45) is 0 Å². The molecule has 1 N–H and O–H groups in total. The van der Waals surface area contributed by atoms with Crippen molar-refractivity contribution in [2.75, 3.05) is 6.61 Å². The lowest BCUT2D eigenvalue weighted by Crippen LogP contribution is -2.35. The van der Waals surface area contributed by atoms with Crippen LogP contribution < -0.4 is 10.1 Å². The van der Waals surface area contributed by atoms with Crippen LogP contribution in [0.25, 0.3) is 6.08 Å². The van der Waals surface area contributed by atoms with Crippen LogP contribution in [0.4, 0.5) is 0 Å². The summed E-state index contributed by atoms with van der Waals surface area (Å²) < 4.78 is 10.7. The standard InChI is InChI=1S/C21H23NO4/c1-3-16(2)22-20(23)15-25-21(24)13-12-17-8-7-11-19(14-17)26-18-9-5-4-6-10-18/h4-14,16H,3,15H2,1-2H3,(H,22,23)/b13-12+/t16-/m0/s1. The summed E-state index contributed by atoms with van der Waals surface area (Å²) in [5.74, 6) is 0.526. The maximum atomic E-state index is 11.7. The van der Waals surface area contributed by atoms with Gasteiger partial charge >= 0.3 is 5.97 Å². The zero-order chi connectivity index (χ0) is 18.8. The zero-order valence-corrected chi connectivity index (χ0v) is 15.0. The Balaban J connectivity index is 1.86. The summed E-state index contributed by atoms with van der Waals surface area (Å²) in [6.45, 7) is 3.57. The molecule has 0 fully saturated rings. The van der Waals surface area contributed by atoms with E-state index in [1.807, 2.05) is 68.4 Å². The molecule has 136 valence electrons. The Morgan fingerprint density at radius 1 is 1.08 bits per heavy atom. The molecule has 0 unspecified atom stereocenters. The first-order valence-electron chi connectivity index (χ1n) is 8.54. The maximum absolute atomic E-state index is 11.7. The van der Waals surface area contributed by atoms with Gasteiger partial charge in [-0.05, 0) is 49.2 Å². The number of ether oxygens (including phenoxy) is 2. The lowest BCUT2D eigenvalue weighted by Gasteiger charge is -2.10. The largest absolute Gasteiger partial charge is 0.457 e. The average molecular weight is 353 g/mol. The SMILES string of the molecule is CC[C@H](C)NC(=O)COC(=O)/C=C/c1cccc(Oc2ccccc2)c1. The van der Waals surface area contributed by atoms with Gasteiger partial charge in [0.05, 0.1) is 0 Å². The number of hydrogen-bond acceptors (Lipinski definition) is 4. The summed E-state index contributed by atoms with van der Waals surface area (Å²) >= 11 is 0. The normalized spacial score (nSPS) is 11.8. The first kappa shape index (κ1) is 19.2. The summed E-state index contributed by atoms with van der Waals surface area (Å²) in [5.41, 5.74) is 0.791. The Labute approximate surface area is 153 Å². The second-order valence-corrected chi connectivity index (χ2v) is 5.81. The Morgan fingerprint density at radius 3 is 2.54 bits per heavy atom. The fraction of sp³-hybridized carbons (Fsp3) is 0.238. The monoisotopic (exact) mass is 353 g/mol. The van der Waals surface area contributed by atoms with E-state index in [0.717, 1.165) is 17.7 Å². The number of carbonyl (C=O) groups is 2. The quantitative estimate of drug-likeness (QED) is 0.576. The van der Waals surface area contributed by atoms with Crippen LogP contribution in [0.3, 0.4) is 0 Å². The van der Waals surface area contributed by atoms with E-state index >= 15 is 0 Å². The molecule has 1 atom stereocenters. The van der Waals surface area contributed by atoms with Crippen molar-refractivity contribution in [1.82, 2.24) is 5.32 Å². The molecule has 0 aliphatic carbocycles. The van der Waals surface area contributed by atoms with Crippen molar-refractivity contribution in [3.63, 3.8) is 0 Å². The van der Waals surface area contributed by atoms with E-state index in [9.17, 15) is 9.59 Å². The van der Waals surface area contributed by atoms with Crippen LogP contribution in [-0.2, 0) is 14.3 Å². The van der Waals surface area contributed by atoms with E-state index in [-0.39, 0.29) is 18.6 Å². The minimum atomic E-state index is -0.571. The van der Waals surface area contributed by atoms with E-state index < -0.39 is 5.97 Å². The van der Waals surface area contributed by atoms with Crippen LogP contribution in [0.15, 0.2) is 60.7 Å². The summed E-state index contributed by atoms with van der Waals surface area (Å²) in [6.07, 6.45) is 3.73. The predicted molar refractivity (Wildman–Crippen MR) is 101 cm³/mol. The predicted octanol–water partition coefficient (Wildman–Crippen LogP) is 3.95. The molecule has 0 saturated heterocycles. The molecule has 2 rings (SSSR count). The number of nitrogens with one attached hydrogen (secondary N) is 1. The minimum absolute atomic E-state index is 0.0594. The topological polar surface area (TPSA) is 64.6 Å². The summed E-state index contributed by atoms with van der Waals surface area (Å²) in [6, 6.07) is 16.8. The number of para-hydroxylation sites is 1.